The van der Waals surface area contributed by atoms with E-state index in [-0.39, 0.29) is 11.9 Å². The molecule has 0 aromatic carbocycles. The molecule has 9 nitrogen and oxygen atoms in total. The van der Waals surface area contributed by atoms with E-state index in [4.69, 9.17) is 9.97 Å². The van der Waals surface area contributed by atoms with Crippen LogP contribution < -0.4 is 4.90 Å². The first-order valence-electron chi connectivity index (χ1n) is 11.4. The van der Waals surface area contributed by atoms with Crippen molar-refractivity contribution in [2.75, 3.05) is 4.90 Å². The average molecular weight is 446 g/mol. The van der Waals surface area contributed by atoms with Crippen LogP contribution in [0.3, 0.4) is 0 Å². The van der Waals surface area contributed by atoms with Gasteiger partial charge in [0.25, 0.3) is 0 Å². The van der Waals surface area contributed by atoms with Gasteiger partial charge in [0.1, 0.15) is 23.5 Å². The standard InChI is InChI=1S/C23H24FN9/c1-3-18-21-30-27-13-32(21)19-14(2)28-23(29-22(19)33(18)16-6-4-5-7-16)31-11-10-25-20(31)17-9-8-15(24)12-26-17/h8-13,16,18H,3-7H2,1-2H3/t18-/m1/s1. The summed E-state index contributed by atoms with van der Waals surface area (Å²) in [7, 11) is 0. The summed E-state index contributed by atoms with van der Waals surface area (Å²) in [6.07, 6.45) is 12.1. The quantitative estimate of drug-likeness (QED) is 0.469. The Morgan fingerprint density at radius 1 is 1.09 bits per heavy atom. The van der Waals surface area contributed by atoms with E-state index in [9.17, 15) is 4.39 Å². The Bertz CT molecular complexity index is 1300. The third-order valence-corrected chi connectivity index (χ3v) is 6.64. The van der Waals surface area contributed by atoms with Crippen LogP contribution in [0.15, 0.2) is 37.1 Å². The third kappa shape index (κ3) is 3.12. The normalized spacial score (nSPS) is 17.9. The summed E-state index contributed by atoms with van der Waals surface area (Å²) in [6, 6.07) is 3.50. The maximum atomic E-state index is 13.4. The Hall–Kier alpha value is -3.69. The maximum absolute atomic E-state index is 13.4. The van der Waals surface area contributed by atoms with Crippen molar-refractivity contribution in [2.45, 2.75) is 58.0 Å². The molecule has 4 aromatic rings. The van der Waals surface area contributed by atoms with Gasteiger partial charge in [-0.25, -0.2) is 19.3 Å². The number of fused-ring (bicyclic) bond motifs is 3. The van der Waals surface area contributed by atoms with E-state index in [1.165, 1.54) is 25.1 Å². The Morgan fingerprint density at radius 3 is 2.70 bits per heavy atom. The molecule has 1 aliphatic carbocycles. The molecule has 33 heavy (non-hydrogen) atoms. The molecule has 0 saturated heterocycles. The van der Waals surface area contributed by atoms with Gasteiger partial charge in [0, 0.05) is 18.4 Å². The largest absolute Gasteiger partial charge is 0.341 e. The van der Waals surface area contributed by atoms with Crippen LogP contribution in [0, 0.1) is 12.7 Å². The number of anilines is 1. The van der Waals surface area contributed by atoms with E-state index in [0.29, 0.717) is 23.5 Å². The summed E-state index contributed by atoms with van der Waals surface area (Å²) < 4.78 is 17.3. The minimum Gasteiger partial charge on any atom is -0.341 e. The molecule has 6 rings (SSSR count). The van der Waals surface area contributed by atoms with E-state index in [0.717, 1.165) is 42.3 Å². The van der Waals surface area contributed by atoms with Gasteiger partial charge in [0.2, 0.25) is 5.95 Å². The summed E-state index contributed by atoms with van der Waals surface area (Å²) in [5, 5.41) is 8.68. The number of pyridine rings is 1. The average Bonchev–Trinajstić information content (AvgIpc) is 3.59. The first kappa shape index (κ1) is 20.0. The fourth-order valence-corrected chi connectivity index (χ4v) is 5.17. The zero-order chi connectivity index (χ0) is 22.5. The Kier molecular flexibility index (Phi) is 4.67. The van der Waals surface area contributed by atoms with E-state index >= 15 is 0 Å². The van der Waals surface area contributed by atoms with Crippen molar-refractivity contribution < 1.29 is 4.39 Å². The number of hydrogen-bond acceptors (Lipinski definition) is 7. The van der Waals surface area contributed by atoms with Gasteiger partial charge in [-0.1, -0.05) is 19.8 Å². The first-order chi connectivity index (χ1) is 16.2. The highest BCUT2D eigenvalue weighted by atomic mass is 19.1. The summed E-state index contributed by atoms with van der Waals surface area (Å²) in [5.74, 6) is 2.53. The lowest BCUT2D eigenvalue weighted by Gasteiger charge is -2.41. The van der Waals surface area contributed by atoms with Gasteiger partial charge in [-0.15, -0.1) is 10.2 Å². The second-order valence-electron chi connectivity index (χ2n) is 8.59. The van der Waals surface area contributed by atoms with Crippen molar-refractivity contribution >= 4 is 5.82 Å². The van der Waals surface area contributed by atoms with Crippen LogP contribution >= 0.6 is 0 Å². The van der Waals surface area contributed by atoms with E-state index < -0.39 is 0 Å². The Morgan fingerprint density at radius 2 is 1.94 bits per heavy atom. The molecule has 0 amide bonds. The predicted octanol–water partition coefficient (Wildman–Crippen LogP) is 3.97. The van der Waals surface area contributed by atoms with E-state index in [2.05, 4.69) is 32.0 Å². The van der Waals surface area contributed by atoms with E-state index in [1.54, 1.807) is 18.6 Å². The van der Waals surface area contributed by atoms with Crippen LogP contribution in [0.2, 0.25) is 0 Å². The lowest BCUT2D eigenvalue weighted by atomic mass is 10.0. The van der Waals surface area contributed by atoms with Crippen LogP contribution in [-0.4, -0.2) is 45.3 Å². The molecule has 0 N–H and O–H groups in total. The van der Waals surface area contributed by atoms with Crippen LogP contribution in [0.4, 0.5) is 10.2 Å². The molecular weight excluding hydrogens is 421 g/mol. The van der Waals surface area contributed by atoms with Crippen molar-refractivity contribution in [1.29, 1.82) is 0 Å². The minimum absolute atomic E-state index is 0.103. The van der Waals surface area contributed by atoms with Crippen molar-refractivity contribution in [3.63, 3.8) is 0 Å². The molecule has 1 saturated carbocycles. The molecule has 0 radical (unpaired) electrons. The molecule has 5 heterocycles. The fourth-order valence-electron chi connectivity index (χ4n) is 5.17. The lowest BCUT2D eigenvalue weighted by Crippen LogP contribution is -2.42. The van der Waals surface area contributed by atoms with Gasteiger partial charge < -0.3 is 4.90 Å². The van der Waals surface area contributed by atoms with Crippen LogP contribution in [-0.2, 0) is 0 Å². The molecule has 1 aliphatic heterocycles. The smallest absolute Gasteiger partial charge is 0.237 e. The molecular formula is C23H24FN9. The Balaban J connectivity index is 1.54. The first-order valence-corrected chi connectivity index (χ1v) is 11.4. The second-order valence-corrected chi connectivity index (χ2v) is 8.59. The molecule has 168 valence electrons. The minimum atomic E-state index is -0.389. The molecule has 4 aromatic heterocycles. The van der Waals surface area contributed by atoms with Gasteiger partial charge in [0.15, 0.2) is 17.5 Å². The summed E-state index contributed by atoms with van der Waals surface area (Å²) in [5.41, 5.74) is 2.32. The number of aromatic nitrogens is 8. The number of aryl methyl sites for hydroxylation is 1. The highest BCUT2D eigenvalue weighted by Gasteiger charge is 2.39. The highest BCUT2D eigenvalue weighted by Crippen LogP contribution is 2.43. The van der Waals surface area contributed by atoms with Crippen LogP contribution in [0.5, 0.6) is 0 Å². The monoisotopic (exact) mass is 445 g/mol. The van der Waals surface area contributed by atoms with Crippen molar-refractivity contribution in [3.05, 3.63) is 54.4 Å². The number of rotatable bonds is 4. The molecule has 10 heteroatoms. The number of nitrogens with zero attached hydrogens (tertiary/aromatic N) is 9. The number of halogens is 1. The Labute approximate surface area is 190 Å². The van der Waals surface area contributed by atoms with Crippen LogP contribution in [0.1, 0.15) is 56.6 Å². The van der Waals surface area contributed by atoms with Crippen molar-refractivity contribution in [3.8, 4) is 23.2 Å². The second kappa shape index (κ2) is 7.72. The highest BCUT2D eigenvalue weighted by molar-refractivity contribution is 5.66. The van der Waals surface area contributed by atoms with E-state index in [1.807, 2.05) is 22.3 Å². The molecule has 0 bridgehead atoms. The zero-order valence-corrected chi connectivity index (χ0v) is 18.6. The molecule has 2 aliphatic rings. The zero-order valence-electron chi connectivity index (χ0n) is 18.6. The van der Waals surface area contributed by atoms with Crippen LogP contribution in [0.25, 0.3) is 23.2 Å². The van der Waals surface area contributed by atoms with Crippen molar-refractivity contribution in [1.82, 2.24) is 39.3 Å². The topological polar surface area (TPSA) is 90.4 Å². The summed E-state index contributed by atoms with van der Waals surface area (Å²) in [4.78, 5) is 21.0. The summed E-state index contributed by atoms with van der Waals surface area (Å²) >= 11 is 0. The number of imidazole rings is 1. The van der Waals surface area contributed by atoms with Gasteiger partial charge >= 0.3 is 0 Å². The third-order valence-electron chi connectivity index (χ3n) is 6.64. The fraction of sp³-hybridized carbons (Fsp3) is 0.391. The van der Waals surface area contributed by atoms with Gasteiger partial charge in [-0.2, -0.15) is 4.98 Å². The number of hydrogen-bond donors (Lipinski definition) is 0. The molecule has 0 spiro atoms. The predicted molar refractivity (Wildman–Crippen MR) is 120 cm³/mol. The molecule has 0 unspecified atom stereocenters. The SMILES string of the molecule is CC[C@@H]1c2nncn2-c2c(C)nc(-n3ccnc3-c3ccc(F)cn3)nc2N1C1CCCC1. The van der Waals surface area contributed by atoms with Crippen molar-refractivity contribution in [2.24, 2.45) is 0 Å². The molecule has 1 atom stereocenters. The van der Waals surface area contributed by atoms with Gasteiger partial charge in [-0.05, 0) is 38.3 Å². The van der Waals surface area contributed by atoms with Gasteiger partial charge in [0.05, 0.1) is 17.9 Å². The van der Waals surface area contributed by atoms with Gasteiger partial charge in [-0.3, -0.25) is 9.13 Å². The molecule has 1 fully saturated rings. The summed E-state index contributed by atoms with van der Waals surface area (Å²) in [6.45, 7) is 4.17. The lowest BCUT2D eigenvalue weighted by molar-refractivity contribution is 0.467. The maximum Gasteiger partial charge on any atom is 0.237 e.